The smallest absolute Gasteiger partial charge is 0.346 e. The fourth-order valence-corrected chi connectivity index (χ4v) is 7.19. The maximum atomic E-state index is 13.7. The van der Waals surface area contributed by atoms with Crippen molar-refractivity contribution in [3.63, 3.8) is 0 Å². The molecular weight excluding hydrogens is 581 g/mol. The maximum Gasteiger partial charge on any atom is 0.346 e. The fraction of sp³-hybridized carbons (Fsp3) is 0.387. The van der Waals surface area contributed by atoms with Gasteiger partial charge in [0.2, 0.25) is 5.88 Å². The largest absolute Gasteiger partial charge is 0.477 e. The number of halogens is 2. The van der Waals surface area contributed by atoms with Crippen molar-refractivity contribution < 1.29 is 28.2 Å². The normalized spacial score (nSPS) is 20.7. The number of benzene rings is 1. The molecule has 1 aliphatic heterocycles. The van der Waals surface area contributed by atoms with E-state index in [4.69, 9.17) is 35.5 Å². The number of pyridine rings is 1. The Hall–Kier alpha value is -3.47. The van der Waals surface area contributed by atoms with Crippen LogP contribution in [0.2, 0.25) is 5.02 Å². The second kappa shape index (κ2) is 11.3. The van der Waals surface area contributed by atoms with Gasteiger partial charge < -0.3 is 23.6 Å². The number of carbonyl (C=O) groups is 1. The molecule has 42 heavy (non-hydrogen) atoms. The zero-order chi connectivity index (χ0) is 28.8. The topological polar surface area (TPSA) is 99.6 Å². The molecule has 0 radical (unpaired) electrons. The molecule has 0 unspecified atom stereocenters. The molecule has 2 aliphatic rings. The van der Waals surface area contributed by atoms with E-state index in [1.807, 2.05) is 12.1 Å². The van der Waals surface area contributed by atoms with Crippen LogP contribution in [0.5, 0.6) is 5.88 Å². The molecule has 2 fully saturated rings. The van der Waals surface area contributed by atoms with Crippen LogP contribution < -0.4 is 4.74 Å². The average Bonchev–Trinajstić information content (AvgIpc) is 3.64. The van der Waals surface area contributed by atoms with Gasteiger partial charge in [-0.25, -0.2) is 14.8 Å². The van der Waals surface area contributed by atoms with Crippen LogP contribution in [0.4, 0.5) is 4.39 Å². The Morgan fingerprint density at radius 2 is 1.98 bits per heavy atom. The van der Waals surface area contributed by atoms with E-state index < -0.39 is 12.0 Å². The molecule has 4 aromatic heterocycles. The first-order chi connectivity index (χ1) is 20.4. The molecule has 0 amide bonds. The Bertz CT molecular complexity index is 1770. The number of nitrogens with zero attached hydrogens (tertiary/aromatic N) is 3. The third kappa shape index (κ3) is 5.39. The first kappa shape index (κ1) is 27.4. The van der Waals surface area contributed by atoms with Crippen molar-refractivity contribution >= 4 is 50.2 Å². The zero-order valence-corrected chi connectivity index (χ0v) is 24.3. The van der Waals surface area contributed by atoms with E-state index in [-0.39, 0.29) is 12.7 Å². The van der Waals surface area contributed by atoms with E-state index in [1.165, 1.54) is 17.4 Å². The summed E-state index contributed by atoms with van der Waals surface area (Å²) in [5, 5.41) is 10.4. The molecule has 1 atom stereocenters. The Balaban J connectivity index is 1.00. The van der Waals surface area contributed by atoms with E-state index in [0.29, 0.717) is 50.7 Å². The van der Waals surface area contributed by atoms with Gasteiger partial charge in [-0.15, -0.1) is 11.3 Å². The molecule has 1 aliphatic carbocycles. The molecule has 5 aromatic rings. The predicted molar refractivity (Wildman–Crippen MR) is 157 cm³/mol. The Labute approximate surface area is 250 Å². The summed E-state index contributed by atoms with van der Waals surface area (Å²) in [4.78, 5) is 22.3. The van der Waals surface area contributed by atoms with Crippen LogP contribution in [-0.2, 0) is 24.3 Å². The number of thiophene rings is 1. The van der Waals surface area contributed by atoms with Crippen LogP contribution in [-0.4, -0.2) is 38.3 Å². The number of rotatable bonds is 9. The van der Waals surface area contributed by atoms with Gasteiger partial charge in [0, 0.05) is 47.7 Å². The average molecular weight is 610 g/mol. The highest BCUT2D eigenvalue weighted by Gasteiger charge is 2.28. The quantitative estimate of drug-likeness (QED) is 0.183. The second-order valence-corrected chi connectivity index (χ2v) is 12.6. The van der Waals surface area contributed by atoms with Crippen molar-refractivity contribution in [2.24, 2.45) is 5.92 Å². The van der Waals surface area contributed by atoms with Crippen molar-refractivity contribution in [3.8, 4) is 5.88 Å². The molecule has 7 rings (SSSR count). The highest BCUT2D eigenvalue weighted by molar-refractivity contribution is 7.20. The third-order valence-corrected chi connectivity index (χ3v) is 9.79. The molecule has 0 bridgehead atoms. The minimum atomic E-state index is -0.914. The number of furan rings is 1. The first-order valence-electron chi connectivity index (χ1n) is 14.2. The number of aromatic carboxylic acids is 1. The second-order valence-electron chi connectivity index (χ2n) is 11.1. The minimum absolute atomic E-state index is 0.164. The predicted octanol–water partition coefficient (Wildman–Crippen LogP) is 7.61. The minimum Gasteiger partial charge on any atom is -0.477 e. The van der Waals surface area contributed by atoms with Crippen LogP contribution in [0, 0.1) is 11.9 Å². The molecule has 11 heteroatoms. The molecule has 1 aromatic carbocycles. The van der Waals surface area contributed by atoms with Crippen LogP contribution in [0.1, 0.15) is 64.8 Å². The standard InChI is InChI=1S/C31H29ClFN3O5S/c32-22-9-8-19(29-21(22)13-26(33)41-29)16-40-28-3-1-2-23(34-28)18-6-4-17(5-7-18)12-27-35-30-24(14-25(42-30)31(37)38)36(27)15-20-10-11-39-20/h1-3,8-9,13-14,17-18,20H,4-7,10-12,15-16H2,(H,37,38)/t17?,18?,20-/m0/s1. The lowest BCUT2D eigenvalue weighted by Crippen LogP contribution is -2.32. The molecule has 1 N–H and O–H groups in total. The zero-order valence-electron chi connectivity index (χ0n) is 22.7. The number of imidazole rings is 1. The molecule has 1 saturated carbocycles. The summed E-state index contributed by atoms with van der Waals surface area (Å²) in [5.74, 6) is 1.47. The number of fused-ring (bicyclic) bond motifs is 2. The van der Waals surface area contributed by atoms with Crippen molar-refractivity contribution in [1.82, 2.24) is 14.5 Å². The van der Waals surface area contributed by atoms with E-state index in [1.54, 1.807) is 18.2 Å². The van der Waals surface area contributed by atoms with Crippen LogP contribution in [0.15, 0.2) is 46.9 Å². The van der Waals surface area contributed by atoms with Gasteiger partial charge in [-0.1, -0.05) is 23.7 Å². The SMILES string of the molecule is O=C(O)c1cc2c(nc(CC3CCC(c4cccc(OCc5ccc(Cl)c6cc(F)oc56)n4)CC3)n2C[C@@H]2CCO2)s1. The number of hydrogen-bond acceptors (Lipinski definition) is 7. The summed E-state index contributed by atoms with van der Waals surface area (Å²) in [6, 6.07) is 11.7. The lowest BCUT2D eigenvalue weighted by Gasteiger charge is -2.30. The molecule has 5 heterocycles. The number of carboxylic acids is 1. The summed E-state index contributed by atoms with van der Waals surface area (Å²) in [6.07, 6.45) is 6.21. The summed E-state index contributed by atoms with van der Waals surface area (Å²) in [5.41, 5.74) is 3.00. The van der Waals surface area contributed by atoms with Crippen LogP contribution in [0.25, 0.3) is 21.3 Å². The summed E-state index contributed by atoms with van der Waals surface area (Å²) < 4.78 is 32.8. The van der Waals surface area contributed by atoms with Gasteiger partial charge in [-0.3, -0.25) is 0 Å². The lowest BCUT2D eigenvalue weighted by molar-refractivity contribution is -0.0590. The number of hydrogen-bond donors (Lipinski definition) is 1. The number of aromatic nitrogens is 3. The van der Waals surface area contributed by atoms with E-state index >= 15 is 0 Å². The van der Waals surface area contributed by atoms with E-state index in [9.17, 15) is 14.3 Å². The molecule has 0 spiro atoms. The van der Waals surface area contributed by atoms with Crippen LogP contribution >= 0.6 is 22.9 Å². The van der Waals surface area contributed by atoms with E-state index in [0.717, 1.165) is 67.0 Å². The van der Waals surface area contributed by atoms with Crippen molar-refractivity contribution in [2.45, 2.75) is 63.7 Å². The van der Waals surface area contributed by atoms with Gasteiger partial charge >= 0.3 is 5.97 Å². The van der Waals surface area contributed by atoms with Crippen molar-refractivity contribution in [3.05, 3.63) is 75.5 Å². The fourth-order valence-electron chi connectivity index (χ4n) is 6.10. The Kier molecular flexibility index (Phi) is 7.37. The number of ether oxygens (including phenoxy) is 2. The molecule has 218 valence electrons. The molecule has 8 nitrogen and oxygen atoms in total. The van der Waals surface area contributed by atoms with Crippen LogP contribution in [0.3, 0.4) is 0 Å². The summed E-state index contributed by atoms with van der Waals surface area (Å²) in [7, 11) is 0. The van der Waals surface area contributed by atoms with Gasteiger partial charge in [-0.2, -0.15) is 4.39 Å². The summed E-state index contributed by atoms with van der Waals surface area (Å²) >= 11 is 7.42. The first-order valence-corrected chi connectivity index (χ1v) is 15.4. The van der Waals surface area contributed by atoms with Gasteiger partial charge in [0.1, 0.15) is 27.7 Å². The van der Waals surface area contributed by atoms with Gasteiger partial charge in [0.25, 0.3) is 6.01 Å². The van der Waals surface area contributed by atoms with Gasteiger partial charge in [0.05, 0.1) is 23.2 Å². The highest BCUT2D eigenvalue weighted by Crippen LogP contribution is 2.38. The Morgan fingerprint density at radius 1 is 1.14 bits per heavy atom. The van der Waals surface area contributed by atoms with Crippen molar-refractivity contribution in [1.29, 1.82) is 0 Å². The molecular formula is C31H29ClFN3O5S. The Morgan fingerprint density at radius 3 is 2.74 bits per heavy atom. The molecule has 1 saturated heterocycles. The highest BCUT2D eigenvalue weighted by atomic mass is 35.5. The number of carboxylic acid groups (broad SMARTS) is 1. The van der Waals surface area contributed by atoms with Gasteiger partial charge in [0.15, 0.2) is 0 Å². The third-order valence-electron chi connectivity index (χ3n) is 8.46. The summed E-state index contributed by atoms with van der Waals surface area (Å²) in [6.45, 7) is 1.68. The monoisotopic (exact) mass is 609 g/mol. The lowest BCUT2D eigenvalue weighted by atomic mass is 9.79. The van der Waals surface area contributed by atoms with Crippen molar-refractivity contribution in [2.75, 3.05) is 6.61 Å². The van der Waals surface area contributed by atoms with E-state index in [2.05, 4.69) is 10.6 Å². The maximum absolute atomic E-state index is 13.7. The van der Waals surface area contributed by atoms with Gasteiger partial charge in [-0.05, 0) is 56.2 Å².